The molecule has 6 nitrogen and oxygen atoms in total. The monoisotopic (exact) mass is 444 g/mol. The molecule has 1 aromatic carbocycles. The molecule has 2 unspecified atom stereocenters. The molecule has 3 heterocycles. The van der Waals surface area contributed by atoms with Gasteiger partial charge in [0, 0.05) is 23.3 Å². The van der Waals surface area contributed by atoms with E-state index in [9.17, 15) is 5.11 Å². The van der Waals surface area contributed by atoms with Crippen LogP contribution in [0.3, 0.4) is 0 Å². The van der Waals surface area contributed by atoms with Gasteiger partial charge < -0.3 is 15.2 Å². The number of fused-ring (bicyclic) bond motifs is 2. The Hall–Kier alpha value is -2.09. The predicted octanol–water partition coefficient (Wildman–Crippen LogP) is 4.81. The van der Waals surface area contributed by atoms with E-state index in [1.165, 1.54) is 18.7 Å². The van der Waals surface area contributed by atoms with Gasteiger partial charge in [0.05, 0.1) is 35.7 Å². The largest absolute Gasteiger partial charge is 0.389 e. The number of nitrogens with one attached hydrogen (secondary N) is 1. The lowest BCUT2D eigenvalue weighted by Crippen LogP contribution is -2.42. The first-order valence-corrected chi connectivity index (χ1v) is 11.3. The molecule has 8 heteroatoms. The summed E-state index contributed by atoms with van der Waals surface area (Å²) in [6.45, 7) is 2.85. The molecule has 2 aromatic rings. The Kier molecular flexibility index (Phi) is 5.44. The number of anilines is 1. The molecule has 5 rings (SSSR count). The zero-order chi connectivity index (χ0) is 21.6. The summed E-state index contributed by atoms with van der Waals surface area (Å²) in [5, 5.41) is 13.7. The maximum atomic E-state index is 15.1. The standard InChI is InChI=1S/C23H26ClFN4O2/c1-13-23(6-3-2-4-7-23)15-9-14(10-17(25)21(15)27-13)20-16(24)11-26-22(29-20)28-18-5-8-31-12-19(18)30/h9-11,18-19,30H,2-8,12H2,1H3,(H,26,28,29). The summed E-state index contributed by atoms with van der Waals surface area (Å²) in [5.74, 6) is 0.00408. The molecule has 1 aromatic heterocycles. The second-order valence-corrected chi connectivity index (χ2v) is 9.17. The van der Waals surface area contributed by atoms with Gasteiger partial charge in [-0.3, -0.25) is 4.99 Å². The number of halogens is 2. The predicted molar refractivity (Wildman–Crippen MR) is 119 cm³/mol. The van der Waals surface area contributed by atoms with E-state index in [0.717, 1.165) is 37.0 Å². The second-order valence-electron chi connectivity index (χ2n) is 8.77. The van der Waals surface area contributed by atoms with E-state index >= 15 is 4.39 Å². The molecule has 164 valence electrons. The van der Waals surface area contributed by atoms with E-state index in [0.29, 0.717) is 40.9 Å². The maximum absolute atomic E-state index is 15.1. The number of nitrogens with zero attached hydrogens (tertiary/aromatic N) is 3. The third-order valence-corrected chi connectivity index (χ3v) is 7.19. The van der Waals surface area contributed by atoms with Crippen LogP contribution >= 0.6 is 11.6 Å². The summed E-state index contributed by atoms with van der Waals surface area (Å²) in [5.41, 5.74) is 3.31. The molecular weight excluding hydrogens is 419 g/mol. The number of rotatable bonds is 3. The minimum absolute atomic E-state index is 0.183. The zero-order valence-electron chi connectivity index (χ0n) is 17.5. The van der Waals surface area contributed by atoms with Crippen LogP contribution < -0.4 is 5.32 Å². The number of hydrogen-bond acceptors (Lipinski definition) is 6. The van der Waals surface area contributed by atoms with E-state index in [1.807, 2.05) is 13.0 Å². The number of ether oxygens (including phenoxy) is 1. The van der Waals surface area contributed by atoms with E-state index in [1.54, 1.807) is 0 Å². The Bertz CT molecular complexity index is 1040. The smallest absolute Gasteiger partial charge is 0.223 e. The topological polar surface area (TPSA) is 79.6 Å². The summed E-state index contributed by atoms with van der Waals surface area (Å²) in [6, 6.07) is 3.25. The number of aliphatic hydroxyl groups is 1. The van der Waals surface area contributed by atoms with Crippen molar-refractivity contribution in [1.29, 1.82) is 0 Å². The molecule has 2 aliphatic heterocycles. The Labute approximate surface area is 185 Å². The fourth-order valence-electron chi connectivity index (χ4n) is 5.17. The van der Waals surface area contributed by atoms with Crippen LogP contribution in [0.15, 0.2) is 23.3 Å². The van der Waals surface area contributed by atoms with Crippen LogP contribution in [0.2, 0.25) is 5.02 Å². The Morgan fingerprint density at radius 3 is 2.84 bits per heavy atom. The number of aliphatic hydroxyl groups excluding tert-OH is 1. The molecule has 1 saturated carbocycles. The van der Waals surface area contributed by atoms with Gasteiger partial charge in [-0.2, -0.15) is 0 Å². The molecule has 2 atom stereocenters. The summed E-state index contributed by atoms with van der Waals surface area (Å²) in [6.07, 6.45) is 6.95. The first-order valence-electron chi connectivity index (χ1n) is 10.9. The first-order chi connectivity index (χ1) is 15.0. The van der Waals surface area contributed by atoms with Gasteiger partial charge >= 0.3 is 0 Å². The van der Waals surface area contributed by atoms with Gasteiger partial charge in [-0.15, -0.1) is 0 Å². The summed E-state index contributed by atoms with van der Waals surface area (Å²) < 4.78 is 20.4. The van der Waals surface area contributed by atoms with E-state index in [-0.39, 0.29) is 23.9 Å². The minimum Gasteiger partial charge on any atom is -0.389 e. The lowest BCUT2D eigenvalue weighted by Gasteiger charge is -2.35. The third kappa shape index (κ3) is 3.62. The van der Waals surface area contributed by atoms with Crippen molar-refractivity contribution < 1.29 is 14.2 Å². The van der Waals surface area contributed by atoms with Crippen molar-refractivity contribution in [2.24, 2.45) is 4.99 Å². The SMILES string of the molecule is CC1=Nc2c(F)cc(-c3nc(NC4CCOCC4O)ncc3Cl)cc2C12CCCCC2. The molecule has 3 aliphatic rings. The van der Waals surface area contributed by atoms with Gasteiger partial charge in [0.2, 0.25) is 5.95 Å². The second kappa shape index (κ2) is 8.11. The molecule has 0 amide bonds. The molecule has 1 aliphatic carbocycles. The molecule has 0 radical (unpaired) electrons. The van der Waals surface area contributed by atoms with Crippen molar-refractivity contribution in [3.63, 3.8) is 0 Å². The molecule has 1 saturated heterocycles. The molecule has 0 bridgehead atoms. The number of aromatic nitrogens is 2. The van der Waals surface area contributed by atoms with Crippen LogP contribution in [0.4, 0.5) is 16.0 Å². The van der Waals surface area contributed by atoms with E-state index < -0.39 is 6.10 Å². The lowest BCUT2D eigenvalue weighted by molar-refractivity contribution is -0.0136. The third-order valence-electron chi connectivity index (χ3n) is 6.92. The van der Waals surface area contributed by atoms with Crippen molar-refractivity contribution in [3.05, 3.63) is 34.7 Å². The quantitative estimate of drug-likeness (QED) is 0.710. The van der Waals surface area contributed by atoms with Crippen LogP contribution in [0, 0.1) is 5.82 Å². The summed E-state index contributed by atoms with van der Waals surface area (Å²) >= 11 is 6.44. The van der Waals surface area contributed by atoms with Gasteiger partial charge in [0.1, 0.15) is 11.5 Å². The molecule has 2 N–H and O–H groups in total. The van der Waals surface area contributed by atoms with Gasteiger partial charge in [-0.25, -0.2) is 14.4 Å². The fraction of sp³-hybridized carbons (Fsp3) is 0.522. The highest BCUT2D eigenvalue weighted by molar-refractivity contribution is 6.33. The van der Waals surface area contributed by atoms with Crippen molar-refractivity contribution >= 4 is 28.9 Å². The molecular formula is C23H26ClFN4O2. The van der Waals surface area contributed by atoms with Crippen LogP contribution in [-0.4, -0.2) is 46.1 Å². The lowest BCUT2D eigenvalue weighted by atomic mass is 9.67. The van der Waals surface area contributed by atoms with Crippen molar-refractivity contribution in [3.8, 4) is 11.3 Å². The van der Waals surface area contributed by atoms with Crippen LogP contribution in [-0.2, 0) is 10.2 Å². The van der Waals surface area contributed by atoms with Crippen molar-refractivity contribution in [2.75, 3.05) is 18.5 Å². The maximum Gasteiger partial charge on any atom is 0.223 e. The average Bonchev–Trinajstić information content (AvgIpc) is 3.03. The molecule has 1 spiro atoms. The first kappa shape index (κ1) is 20.8. The fourth-order valence-corrected chi connectivity index (χ4v) is 5.37. The van der Waals surface area contributed by atoms with Crippen LogP contribution in [0.1, 0.15) is 51.0 Å². The van der Waals surface area contributed by atoms with Gasteiger partial charge in [0.25, 0.3) is 0 Å². The number of aliphatic imine (C=N–C) groups is 1. The van der Waals surface area contributed by atoms with Gasteiger partial charge in [-0.1, -0.05) is 30.9 Å². The summed E-state index contributed by atoms with van der Waals surface area (Å²) in [7, 11) is 0. The molecule has 31 heavy (non-hydrogen) atoms. The van der Waals surface area contributed by atoms with Crippen LogP contribution in [0.5, 0.6) is 0 Å². The van der Waals surface area contributed by atoms with Gasteiger partial charge in [0.15, 0.2) is 0 Å². The highest BCUT2D eigenvalue weighted by Gasteiger charge is 2.43. The Morgan fingerprint density at radius 2 is 2.06 bits per heavy atom. The summed E-state index contributed by atoms with van der Waals surface area (Å²) in [4.78, 5) is 13.5. The van der Waals surface area contributed by atoms with Crippen LogP contribution in [0.25, 0.3) is 11.3 Å². The number of benzene rings is 1. The average molecular weight is 445 g/mol. The van der Waals surface area contributed by atoms with Crippen molar-refractivity contribution in [2.45, 2.75) is 63.0 Å². The van der Waals surface area contributed by atoms with Gasteiger partial charge in [-0.05, 0) is 43.9 Å². The highest BCUT2D eigenvalue weighted by atomic mass is 35.5. The minimum atomic E-state index is -0.639. The highest BCUT2D eigenvalue weighted by Crippen LogP contribution is 2.51. The Balaban J connectivity index is 1.52. The normalized spacial score (nSPS) is 24.7. The van der Waals surface area contributed by atoms with E-state index in [4.69, 9.17) is 16.3 Å². The number of hydrogen-bond donors (Lipinski definition) is 2. The van der Waals surface area contributed by atoms with Crippen molar-refractivity contribution in [1.82, 2.24) is 9.97 Å². The molecule has 2 fully saturated rings. The van der Waals surface area contributed by atoms with E-state index in [2.05, 4.69) is 20.3 Å². The zero-order valence-corrected chi connectivity index (χ0v) is 18.3. The Morgan fingerprint density at radius 1 is 1.26 bits per heavy atom.